The summed E-state index contributed by atoms with van der Waals surface area (Å²) in [6, 6.07) is 0.0857. The molecule has 0 saturated carbocycles. The highest BCUT2D eigenvalue weighted by Crippen LogP contribution is 2.09. The second-order valence-corrected chi connectivity index (χ2v) is 4.99. The Hall–Kier alpha value is -0.610. The highest BCUT2D eigenvalue weighted by Gasteiger charge is 2.20. The van der Waals surface area contributed by atoms with Gasteiger partial charge in [0.2, 0.25) is 5.91 Å². The first kappa shape index (κ1) is 13.5. The largest absolute Gasteiger partial charge is 0.368 e. The zero-order valence-electron chi connectivity index (χ0n) is 10.5. The molecule has 0 aliphatic carbocycles. The first-order valence-corrected chi connectivity index (χ1v) is 6.37. The van der Waals surface area contributed by atoms with E-state index in [1.165, 1.54) is 25.7 Å². The minimum absolute atomic E-state index is 0.210. The Balaban J connectivity index is 2.42. The smallest absolute Gasteiger partial charge is 0.235 e. The summed E-state index contributed by atoms with van der Waals surface area (Å²) in [5, 5.41) is 3.23. The van der Waals surface area contributed by atoms with Gasteiger partial charge in [-0.2, -0.15) is 0 Å². The summed E-state index contributed by atoms with van der Waals surface area (Å²) >= 11 is 0. The van der Waals surface area contributed by atoms with Gasteiger partial charge in [0.1, 0.15) is 0 Å². The third kappa shape index (κ3) is 4.94. The van der Waals surface area contributed by atoms with Crippen molar-refractivity contribution in [2.75, 3.05) is 19.6 Å². The van der Waals surface area contributed by atoms with Gasteiger partial charge in [0.05, 0.1) is 6.04 Å². The Morgan fingerprint density at radius 2 is 1.81 bits per heavy atom. The minimum Gasteiger partial charge on any atom is -0.368 e. The molecule has 3 N–H and O–H groups in total. The number of nitrogens with zero attached hydrogens (tertiary/aromatic N) is 1. The number of carbonyl (C=O) groups is 1. The molecule has 0 radical (unpaired) electrons. The molecule has 94 valence electrons. The fourth-order valence-corrected chi connectivity index (χ4v) is 2.20. The van der Waals surface area contributed by atoms with E-state index in [2.05, 4.69) is 10.2 Å². The van der Waals surface area contributed by atoms with Crippen LogP contribution in [0, 0.1) is 0 Å². The van der Waals surface area contributed by atoms with Crippen molar-refractivity contribution >= 4 is 5.91 Å². The number of hydrogen-bond donors (Lipinski definition) is 2. The van der Waals surface area contributed by atoms with E-state index in [1.54, 1.807) is 0 Å². The van der Waals surface area contributed by atoms with Gasteiger partial charge in [0, 0.05) is 12.6 Å². The fraction of sp³-hybridized carbons (Fsp3) is 0.917. The van der Waals surface area contributed by atoms with Crippen LogP contribution in [0.25, 0.3) is 0 Å². The topological polar surface area (TPSA) is 58.4 Å². The van der Waals surface area contributed by atoms with Crippen LogP contribution in [-0.4, -0.2) is 42.5 Å². The van der Waals surface area contributed by atoms with Gasteiger partial charge in [-0.25, -0.2) is 0 Å². The van der Waals surface area contributed by atoms with Crippen molar-refractivity contribution in [1.82, 2.24) is 10.2 Å². The quantitative estimate of drug-likeness (QED) is 0.727. The molecule has 1 fully saturated rings. The summed E-state index contributed by atoms with van der Waals surface area (Å²) in [6.45, 7) is 7.04. The van der Waals surface area contributed by atoms with Crippen LogP contribution in [0.1, 0.15) is 39.5 Å². The molecule has 1 aliphatic rings. The van der Waals surface area contributed by atoms with Crippen molar-refractivity contribution in [3.8, 4) is 0 Å². The summed E-state index contributed by atoms with van der Waals surface area (Å²) in [4.78, 5) is 13.7. The lowest BCUT2D eigenvalue weighted by Crippen LogP contribution is -2.51. The highest BCUT2D eigenvalue weighted by atomic mass is 16.1. The monoisotopic (exact) mass is 227 g/mol. The van der Waals surface area contributed by atoms with Crippen LogP contribution in [0.3, 0.4) is 0 Å². The Kier molecular flexibility index (Phi) is 5.77. The molecule has 0 spiro atoms. The predicted octanol–water partition coefficient (Wildman–Crippen LogP) is 0.714. The number of amides is 1. The molecule has 1 amide bonds. The second kappa shape index (κ2) is 6.86. The Labute approximate surface area is 98.6 Å². The minimum atomic E-state index is -0.238. The molecule has 1 unspecified atom stereocenters. The van der Waals surface area contributed by atoms with E-state index in [9.17, 15) is 4.79 Å². The van der Waals surface area contributed by atoms with Crippen LogP contribution in [-0.2, 0) is 4.79 Å². The molecular formula is C12H25N3O. The standard InChI is InChI=1S/C12H25N3O/c1-10(2)14-11(12(13)16)9-15-7-5-3-4-6-8-15/h10-11,14H,3-9H2,1-2H3,(H2,13,16). The lowest BCUT2D eigenvalue weighted by atomic mass is 10.2. The van der Waals surface area contributed by atoms with Crippen LogP contribution in [0.2, 0.25) is 0 Å². The molecule has 4 heteroatoms. The maximum absolute atomic E-state index is 11.3. The average molecular weight is 227 g/mol. The van der Waals surface area contributed by atoms with Crippen LogP contribution >= 0.6 is 0 Å². The molecule has 1 heterocycles. The molecule has 0 bridgehead atoms. The zero-order valence-corrected chi connectivity index (χ0v) is 10.5. The third-order valence-corrected chi connectivity index (χ3v) is 3.02. The Morgan fingerprint density at radius 3 is 2.25 bits per heavy atom. The van der Waals surface area contributed by atoms with E-state index in [0.29, 0.717) is 6.04 Å². The lowest BCUT2D eigenvalue weighted by Gasteiger charge is -2.26. The number of nitrogens with one attached hydrogen (secondary N) is 1. The molecule has 1 saturated heterocycles. The van der Waals surface area contributed by atoms with E-state index < -0.39 is 0 Å². The molecule has 16 heavy (non-hydrogen) atoms. The van der Waals surface area contributed by atoms with Gasteiger partial charge in [-0.3, -0.25) is 4.79 Å². The number of likely N-dealkylation sites (tertiary alicyclic amines) is 1. The lowest BCUT2D eigenvalue weighted by molar-refractivity contribution is -0.120. The number of nitrogens with two attached hydrogens (primary N) is 1. The van der Waals surface area contributed by atoms with E-state index in [4.69, 9.17) is 5.73 Å². The SMILES string of the molecule is CC(C)NC(CN1CCCCCC1)C(N)=O. The summed E-state index contributed by atoms with van der Waals surface area (Å²) in [6.07, 6.45) is 5.12. The molecule has 0 aromatic rings. The van der Waals surface area contributed by atoms with E-state index in [1.807, 2.05) is 13.8 Å². The summed E-state index contributed by atoms with van der Waals surface area (Å²) < 4.78 is 0. The fourth-order valence-electron chi connectivity index (χ4n) is 2.20. The van der Waals surface area contributed by atoms with Crippen molar-refractivity contribution in [3.63, 3.8) is 0 Å². The van der Waals surface area contributed by atoms with Crippen molar-refractivity contribution in [2.24, 2.45) is 5.73 Å². The van der Waals surface area contributed by atoms with Crippen molar-refractivity contribution in [2.45, 2.75) is 51.6 Å². The third-order valence-electron chi connectivity index (χ3n) is 3.02. The molecule has 0 aromatic carbocycles. The Bertz CT molecular complexity index is 210. The van der Waals surface area contributed by atoms with E-state index in [0.717, 1.165) is 19.6 Å². The molecule has 1 atom stereocenters. The highest BCUT2D eigenvalue weighted by molar-refractivity contribution is 5.80. The van der Waals surface area contributed by atoms with Crippen LogP contribution < -0.4 is 11.1 Å². The maximum atomic E-state index is 11.3. The van der Waals surface area contributed by atoms with Crippen molar-refractivity contribution < 1.29 is 4.79 Å². The van der Waals surface area contributed by atoms with Crippen LogP contribution in [0.4, 0.5) is 0 Å². The van der Waals surface area contributed by atoms with E-state index >= 15 is 0 Å². The van der Waals surface area contributed by atoms with Gasteiger partial charge in [0.15, 0.2) is 0 Å². The first-order chi connectivity index (χ1) is 7.59. The van der Waals surface area contributed by atoms with Crippen LogP contribution in [0.15, 0.2) is 0 Å². The van der Waals surface area contributed by atoms with Crippen molar-refractivity contribution in [3.05, 3.63) is 0 Å². The molecule has 0 aromatic heterocycles. The van der Waals surface area contributed by atoms with Gasteiger partial charge < -0.3 is 16.0 Å². The Morgan fingerprint density at radius 1 is 1.25 bits per heavy atom. The van der Waals surface area contributed by atoms with Crippen LogP contribution in [0.5, 0.6) is 0 Å². The second-order valence-electron chi connectivity index (χ2n) is 4.99. The number of hydrogen-bond acceptors (Lipinski definition) is 3. The molecule has 4 nitrogen and oxygen atoms in total. The van der Waals surface area contributed by atoms with Gasteiger partial charge in [-0.1, -0.05) is 26.7 Å². The normalized spacial score (nSPS) is 20.7. The molecular weight excluding hydrogens is 202 g/mol. The first-order valence-electron chi connectivity index (χ1n) is 6.37. The molecule has 1 rings (SSSR count). The van der Waals surface area contributed by atoms with E-state index in [-0.39, 0.29) is 11.9 Å². The predicted molar refractivity (Wildman–Crippen MR) is 66.2 cm³/mol. The zero-order chi connectivity index (χ0) is 12.0. The van der Waals surface area contributed by atoms with Crippen molar-refractivity contribution in [1.29, 1.82) is 0 Å². The van der Waals surface area contributed by atoms with Gasteiger partial charge in [-0.15, -0.1) is 0 Å². The maximum Gasteiger partial charge on any atom is 0.235 e. The molecule has 1 aliphatic heterocycles. The van der Waals surface area contributed by atoms with Gasteiger partial charge in [-0.05, 0) is 25.9 Å². The number of primary amides is 1. The summed E-state index contributed by atoms with van der Waals surface area (Å²) in [5.41, 5.74) is 5.41. The van der Waals surface area contributed by atoms with Gasteiger partial charge in [0.25, 0.3) is 0 Å². The number of rotatable bonds is 5. The summed E-state index contributed by atoms with van der Waals surface area (Å²) in [5.74, 6) is -0.238. The number of carbonyl (C=O) groups excluding carboxylic acids is 1. The average Bonchev–Trinajstić information content (AvgIpc) is 2.44. The summed E-state index contributed by atoms with van der Waals surface area (Å²) in [7, 11) is 0. The van der Waals surface area contributed by atoms with Gasteiger partial charge >= 0.3 is 0 Å².